The Morgan fingerprint density at radius 1 is 1.03 bits per heavy atom. The van der Waals surface area contributed by atoms with E-state index in [-0.39, 0.29) is 18.0 Å². The predicted molar refractivity (Wildman–Crippen MR) is 116 cm³/mol. The van der Waals surface area contributed by atoms with E-state index in [2.05, 4.69) is 6.07 Å². The lowest BCUT2D eigenvalue weighted by Gasteiger charge is -2.37. The van der Waals surface area contributed by atoms with Gasteiger partial charge in [0, 0.05) is 37.6 Å². The summed E-state index contributed by atoms with van der Waals surface area (Å²) in [7, 11) is 0. The molecule has 2 aromatic carbocycles. The van der Waals surface area contributed by atoms with Gasteiger partial charge in [-0.25, -0.2) is 8.78 Å². The first-order valence-corrected chi connectivity index (χ1v) is 11.8. The van der Waals surface area contributed by atoms with Crippen molar-refractivity contribution in [3.05, 3.63) is 70.3 Å². The van der Waals surface area contributed by atoms with Crippen molar-refractivity contribution >= 4 is 11.8 Å². The van der Waals surface area contributed by atoms with Crippen molar-refractivity contribution in [2.75, 3.05) is 13.1 Å². The Hall–Kier alpha value is -2.80. The lowest BCUT2D eigenvalue weighted by atomic mass is 9.89. The molecule has 4 aliphatic rings. The van der Waals surface area contributed by atoms with Gasteiger partial charge < -0.3 is 14.5 Å². The minimum absolute atomic E-state index is 0.0302. The van der Waals surface area contributed by atoms with Gasteiger partial charge in [-0.3, -0.25) is 9.59 Å². The molecule has 0 N–H and O–H groups in total. The highest BCUT2D eigenvalue weighted by molar-refractivity contribution is 5.96. The van der Waals surface area contributed by atoms with Gasteiger partial charge in [-0.1, -0.05) is 12.1 Å². The smallest absolute Gasteiger partial charge is 0.257 e. The zero-order valence-corrected chi connectivity index (χ0v) is 18.4. The molecule has 2 aromatic rings. The molecule has 172 valence electrons. The van der Waals surface area contributed by atoms with Crippen LogP contribution in [-0.4, -0.2) is 46.5 Å². The summed E-state index contributed by atoms with van der Waals surface area (Å²) in [5.74, 6) is -1.38. The molecule has 0 bridgehead atoms. The number of amides is 2. The van der Waals surface area contributed by atoms with E-state index >= 15 is 0 Å². The molecule has 3 fully saturated rings. The number of benzene rings is 2. The third kappa shape index (κ3) is 3.28. The van der Waals surface area contributed by atoms with Crippen molar-refractivity contribution in [1.82, 2.24) is 9.80 Å². The summed E-state index contributed by atoms with van der Waals surface area (Å²) in [6, 6.07) is 9.02. The van der Waals surface area contributed by atoms with Gasteiger partial charge >= 0.3 is 0 Å². The number of nitrogens with zero attached hydrogens (tertiary/aromatic N) is 2. The molecule has 3 saturated heterocycles. The number of rotatable bonds is 2. The van der Waals surface area contributed by atoms with Crippen molar-refractivity contribution in [3.8, 4) is 0 Å². The van der Waals surface area contributed by atoms with Gasteiger partial charge in [-0.2, -0.15) is 0 Å². The Labute approximate surface area is 191 Å². The maximum Gasteiger partial charge on any atom is 0.257 e. The summed E-state index contributed by atoms with van der Waals surface area (Å²) in [5.41, 5.74) is 2.74. The van der Waals surface area contributed by atoms with E-state index in [1.807, 2.05) is 17.0 Å². The van der Waals surface area contributed by atoms with E-state index in [9.17, 15) is 18.4 Å². The summed E-state index contributed by atoms with van der Waals surface area (Å²) in [6.07, 6.45) is 4.78. The minimum Gasteiger partial charge on any atom is -0.342 e. The maximum absolute atomic E-state index is 13.8. The first kappa shape index (κ1) is 20.8. The van der Waals surface area contributed by atoms with Crippen LogP contribution >= 0.6 is 0 Å². The monoisotopic (exact) mass is 452 g/mol. The van der Waals surface area contributed by atoms with Gasteiger partial charge in [0.2, 0.25) is 0 Å². The third-order valence-electron chi connectivity index (χ3n) is 7.82. The molecular weight excluding hydrogens is 426 g/mol. The molecule has 6 rings (SSSR count). The normalized spacial score (nSPS) is 25.6. The predicted octanol–water partition coefficient (Wildman–Crippen LogP) is 4.15. The fourth-order valence-corrected chi connectivity index (χ4v) is 6.20. The molecule has 0 unspecified atom stereocenters. The molecule has 1 spiro atoms. The summed E-state index contributed by atoms with van der Waals surface area (Å²) >= 11 is 0. The molecule has 2 amide bonds. The molecule has 0 radical (unpaired) electrons. The Balaban J connectivity index is 1.19. The summed E-state index contributed by atoms with van der Waals surface area (Å²) in [5, 5.41) is 0. The van der Waals surface area contributed by atoms with Crippen LogP contribution in [0.25, 0.3) is 0 Å². The van der Waals surface area contributed by atoms with Crippen LogP contribution in [0.4, 0.5) is 8.78 Å². The van der Waals surface area contributed by atoms with Crippen LogP contribution in [0, 0.1) is 11.6 Å². The molecule has 0 saturated carbocycles. The van der Waals surface area contributed by atoms with E-state index in [1.165, 1.54) is 23.3 Å². The zero-order chi connectivity index (χ0) is 22.7. The minimum atomic E-state index is -0.954. The molecule has 5 nitrogen and oxygen atoms in total. The highest BCUT2D eigenvalue weighted by atomic mass is 19.1. The lowest BCUT2D eigenvalue weighted by molar-refractivity contribution is -0.142. The van der Waals surface area contributed by atoms with Crippen molar-refractivity contribution in [2.24, 2.45) is 0 Å². The lowest BCUT2D eigenvalue weighted by Crippen LogP contribution is -2.51. The van der Waals surface area contributed by atoms with Gasteiger partial charge in [0.1, 0.15) is 17.9 Å². The van der Waals surface area contributed by atoms with Crippen LogP contribution in [0.15, 0.2) is 36.4 Å². The fraction of sp³-hybridized carbons (Fsp3) is 0.462. The van der Waals surface area contributed by atoms with E-state index < -0.39 is 23.3 Å². The summed E-state index contributed by atoms with van der Waals surface area (Å²) in [4.78, 5) is 30.3. The average Bonchev–Trinajstić information content (AvgIpc) is 3.50. The number of carbonyl (C=O) groups is 2. The number of hydrogen-bond donors (Lipinski definition) is 0. The largest absolute Gasteiger partial charge is 0.342 e. The Morgan fingerprint density at radius 2 is 1.79 bits per heavy atom. The van der Waals surface area contributed by atoms with Gasteiger partial charge in [0.05, 0.1) is 6.04 Å². The van der Waals surface area contributed by atoms with Gasteiger partial charge in [0.25, 0.3) is 11.8 Å². The Kier molecular flexibility index (Phi) is 4.80. The first-order valence-electron chi connectivity index (χ1n) is 11.8. The van der Waals surface area contributed by atoms with Crippen LogP contribution in [-0.2, 0) is 22.4 Å². The van der Waals surface area contributed by atoms with Crippen molar-refractivity contribution in [3.63, 3.8) is 0 Å². The number of halogens is 2. The fourth-order valence-electron chi connectivity index (χ4n) is 6.20. The molecule has 33 heavy (non-hydrogen) atoms. The molecule has 3 aliphatic heterocycles. The third-order valence-corrected chi connectivity index (χ3v) is 7.82. The quantitative estimate of drug-likeness (QED) is 0.688. The van der Waals surface area contributed by atoms with Gasteiger partial charge in [0.15, 0.2) is 5.60 Å². The number of aryl methyl sites for hydroxylation is 1. The topological polar surface area (TPSA) is 49.9 Å². The molecule has 3 heterocycles. The van der Waals surface area contributed by atoms with Crippen LogP contribution in [0.1, 0.15) is 65.2 Å². The van der Waals surface area contributed by atoms with Crippen molar-refractivity contribution < 1.29 is 23.1 Å². The SMILES string of the molecule is O=C(c1cccc2c1CCC2)N1CCC2(CC1)O[C@@H]1CC[C@@H](c3cc(F)cc(F)c3)N1C2=O. The number of hydrogen-bond acceptors (Lipinski definition) is 3. The standard InChI is InChI=1S/C26H26F2N2O3/c27-18-13-17(14-19(28)15-18)22-7-8-23-30(22)25(32)26(33-23)9-11-29(12-10-26)24(31)21-6-2-4-16-3-1-5-20(16)21/h2,4,6,13-15,22-23H,1,3,5,7-12H2/t22-,23+/m0/s1. The molecule has 1 aliphatic carbocycles. The number of fused-ring (bicyclic) bond motifs is 2. The summed E-state index contributed by atoms with van der Waals surface area (Å²) < 4.78 is 33.9. The van der Waals surface area contributed by atoms with E-state index in [0.717, 1.165) is 30.9 Å². The summed E-state index contributed by atoms with van der Waals surface area (Å²) in [6.45, 7) is 0.905. The Bertz CT molecular complexity index is 1120. The molecule has 0 aromatic heterocycles. The first-order chi connectivity index (χ1) is 15.9. The molecule has 7 heteroatoms. The van der Waals surface area contributed by atoms with Crippen molar-refractivity contribution in [2.45, 2.75) is 62.8 Å². The highest BCUT2D eigenvalue weighted by Gasteiger charge is 2.58. The zero-order valence-electron chi connectivity index (χ0n) is 18.4. The van der Waals surface area contributed by atoms with Gasteiger partial charge in [-0.15, -0.1) is 0 Å². The second-order valence-corrected chi connectivity index (χ2v) is 9.66. The molecule has 2 atom stereocenters. The van der Waals surface area contributed by atoms with Crippen LogP contribution in [0.3, 0.4) is 0 Å². The van der Waals surface area contributed by atoms with E-state index in [4.69, 9.17) is 4.74 Å². The number of piperidine rings is 1. The van der Waals surface area contributed by atoms with Crippen molar-refractivity contribution in [1.29, 1.82) is 0 Å². The number of likely N-dealkylation sites (tertiary alicyclic amines) is 1. The average molecular weight is 453 g/mol. The Morgan fingerprint density at radius 3 is 2.55 bits per heavy atom. The van der Waals surface area contributed by atoms with E-state index in [0.29, 0.717) is 44.3 Å². The maximum atomic E-state index is 13.8. The highest BCUT2D eigenvalue weighted by Crippen LogP contribution is 2.48. The second kappa shape index (κ2) is 7.62. The second-order valence-electron chi connectivity index (χ2n) is 9.66. The number of carbonyl (C=O) groups excluding carboxylic acids is 2. The van der Waals surface area contributed by atoms with E-state index in [1.54, 1.807) is 4.90 Å². The van der Waals surface area contributed by atoms with Crippen LogP contribution < -0.4 is 0 Å². The van der Waals surface area contributed by atoms with Crippen LogP contribution in [0.5, 0.6) is 0 Å². The molecular formula is C26H26F2N2O3. The number of ether oxygens (including phenoxy) is 1. The van der Waals surface area contributed by atoms with Gasteiger partial charge in [-0.05, 0) is 67.0 Å². The van der Waals surface area contributed by atoms with Crippen LogP contribution in [0.2, 0.25) is 0 Å².